The van der Waals surface area contributed by atoms with E-state index in [0.717, 1.165) is 35.9 Å². The summed E-state index contributed by atoms with van der Waals surface area (Å²) in [5.74, 6) is 5.88. The van der Waals surface area contributed by atoms with Gasteiger partial charge in [-0.05, 0) is 24.7 Å². The van der Waals surface area contributed by atoms with Gasteiger partial charge in [0.1, 0.15) is 0 Å². The highest BCUT2D eigenvalue weighted by Crippen LogP contribution is 2.45. The molecule has 0 aromatic heterocycles. The normalized spacial score (nSPS) is 22.7. The molecule has 3 nitrogen and oxygen atoms in total. The molecule has 0 aromatic carbocycles. The average Bonchev–Trinajstić information content (AvgIpc) is 3.02. The molecule has 2 aliphatic heterocycles. The lowest BCUT2D eigenvalue weighted by molar-refractivity contribution is 0.0887. The Morgan fingerprint density at radius 2 is 1.44 bits per heavy atom. The van der Waals surface area contributed by atoms with Crippen LogP contribution in [0.5, 0.6) is 0 Å². The molecule has 0 unspecified atom stereocenters. The number of aliphatic hydroxyl groups excluding tert-OH is 1. The van der Waals surface area contributed by atoms with E-state index in [9.17, 15) is 10.0 Å². The lowest BCUT2D eigenvalue weighted by Gasteiger charge is -2.33. The first-order valence-electron chi connectivity index (χ1n) is 6.17. The van der Waals surface area contributed by atoms with Gasteiger partial charge >= 0.3 is 0 Å². The van der Waals surface area contributed by atoms with E-state index in [1.54, 1.807) is 0 Å². The van der Waals surface area contributed by atoms with E-state index in [-0.39, 0.29) is 18.6 Å². The molecule has 104 valence electrons. The molecule has 2 fully saturated rings. The minimum Gasteiger partial charge on any atom is -0.396 e. The van der Waals surface area contributed by atoms with Crippen molar-refractivity contribution in [1.82, 2.24) is 0 Å². The van der Waals surface area contributed by atoms with Gasteiger partial charge in [0.05, 0.1) is 13.2 Å². The van der Waals surface area contributed by atoms with Gasteiger partial charge in [-0.15, -0.1) is 0 Å². The van der Waals surface area contributed by atoms with Crippen LogP contribution in [0.3, 0.4) is 0 Å². The molecular weight excluding hydrogens is 306 g/mol. The zero-order chi connectivity index (χ0) is 12.8. The second-order valence-corrected chi connectivity index (χ2v) is 10.3. The standard InChI is InChI=1S/C11H19NO2S4/c13-8-11(7-12-14,1-9-3-15-16-4-9)2-10-5-17-18-6-10/h9-10,13H,1-8H2. The highest BCUT2D eigenvalue weighted by molar-refractivity contribution is 8.77. The third-order valence-electron chi connectivity index (χ3n) is 3.56. The van der Waals surface area contributed by atoms with Crippen molar-refractivity contribution in [3.63, 3.8) is 0 Å². The van der Waals surface area contributed by atoms with Crippen molar-refractivity contribution < 1.29 is 5.11 Å². The summed E-state index contributed by atoms with van der Waals surface area (Å²) in [6.45, 7) is 0.386. The summed E-state index contributed by atoms with van der Waals surface area (Å²) in [4.78, 5) is 10.7. The summed E-state index contributed by atoms with van der Waals surface area (Å²) < 4.78 is 0. The number of hydrogen-bond donors (Lipinski definition) is 1. The molecule has 2 heterocycles. The Bertz CT molecular complexity index is 250. The van der Waals surface area contributed by atoms with Gasteiger partial charge in [-0.2, -0.15) is 4.91 Å². The largest absolute Gasteiger partial charge is 0.396 e. The Morgan fingerprint density at radius 3 is 1.78 bits per heavy atom. The fraction of sp³-hybridized carbons (Fsp3) is 1.00. The van der Waals surface area contributed by atoms with Crippen LogP contribution in [-0.4, -0.2) is 41.3 Å². The van der Waals surface area contributed by atoms with E-state index in [1.165, 1.54) is 0 Å². The van der Waals surface area contributed by atoms with Gasteiger partial charge < -0.3 is 5.11 Å². The van der Waals surface area contributed by atoms with Crippen molar-refractivity contribution in [1.29, 1.82) is 0 Å². The molecule has 2 saturated heterocycles. The van der Waals surface area contributed by atoms with Crippen LogP contribution >= 0.6 is 43.2 Å². The Labute approximate surface area is 124 Å². The molecule has 0 aromatic rings. The molecule has 0 aliphatic carbocycles. The van der Waals surface area contributed by atoms with Crippen LogP contribution in [0.4, 0.5) is 0 Å². The highest BCUT2D eigenvalue weighted by atomic mass is 33.1. The molecule has 0 amide bonds. The molecule has 0 spiro atoms. The fourth-order valence-corrected chi connectivity index (χ4v) is 8.52. The molecule has 0 saturated carbocycles. The van der Waals surface area contributed by atoms with Gasteiger partial charge in [0, 0.05) is 28.4 Å². The SMILES string of the molecule is O=NCC(CO)(CC1CSSC1)CC1CSSC1. The molecule has 7 heteroatoms. The van der Waals surface area contributed by atoms with Crippen LogP contribution in [0, 0.1) is 22.2 Å². The van der Waals surface area contributed by atoms with Crippen LogP contribution in [0.1, 0.15) is 12.8 Å². The Morgan fingerprint density at radius 1 is 1.00 bits per heavy atom. The minimum absolute atomic E-state index is 0.108. The maximum Gasteiger partial charge on any atom is 0.0889 e. The summed E-state index contributed by atoms with van der Waals surface area (Å²) in [6.07, 6.45) is 1.92. The van der Waals surface area contributed by atoms with Crippen molar-refractivity contribution in [2.24, 2.45) is 22.4 Å². The molecular formula is C11H19NO2S4. The van der Waals surface area contributed by atoms with Gasteiger partial charge in [0.2, 0.25) is 0 Å². The van der Waals surface area contributed by atoms with E-state index in [2.05, 4.69) is 5.18 Å². The second kappa shape index (κ2) is 7.67. The van der Waals surface area contributed by atoms with Crippen molar-refractivity contribution >= 4 is 43.2 Å². The lowest BCUT2D eigenvalue weighted by atomic mass is 9.74. The van der Waals surface area contributed by atoms with Crippen LogP contribution in [-0.2, 0) is 0 Å². The maximum absolute atomic E-state index is 10.7. The topological polar surface area (TPSA) is 49.7 Å². The summed E-state index contributed by atoms with van der Waals surface area (Å²) >= 11 is 0. The Kier molecular flexibility index (Phi) is 6.54. The van der Waals surface area contributed by atoms with E-state index in [4.69, 9.17) is 0 Å². The van der Waals surface area contributed by atoms with Crippen LogP contribution < -0.4 is 0 Å². The molecule has 2 rings (SSSR count). The van der Waals surface area contributed by atoms with E-state index < -0.39 is 0 Å². The van der Waals surface area contributed by atoms with Crippen molar-refractivity contribution in [3.05, 3.63) is 4.91 Å². The third-order valence-corrected chi connectivity index (χ3v) is 8.96. The first-order valence-corrected chi connectivity index (χ1v) is 11.1. The van der Waals surface area contributed by atoms with E-state index in [0.29, 0.717) is 11.8 Å². The number of hydrogen-bond acceptors (Lipinski definition) is 7. The zero-order valence-electron chi connectivity index (χ0n) is 10.2. The Hall–Kier alpha value is 0.960. The van der Waals surface area contributed by atoms with Gasteiger partial charge in [-0.25, -0.2) is 0 Å². The first kappa shape index (κ1) is 15.4. The zero-order valence-corrected chi connectivity index (χ0v) is 13.5. The van der Waals surface area contributed by atoms with Gasteiger partial charge in [0.15, 0.2) is 0 Å². The predicted octanol–water partition coefficient (Wildman–Crippen LogP) is 3.53. The van der Waals surface area contributed by atoms with Gasteiger partial charge in [-0.3, -0.25) is 0 Å². The van der Waals surface area contributed by atoms with Gasteiger partial charge in [0.25, 0.3) is 0 Å². The number of nitrogens with zero attached hydrogens (tertiary/aromatic N) is 1. The molecule has 2 aliphatic rings. The lowest BCUT2D eigenvalue weighted by Crippen LogP contribution is -2.35. The third kappa shape index (κ3) is 4.23. The monoisotopic (exact) mass is 325 g/mol. The second-order valence-electron chi connectivity index (χ2n) is 5.22. The predicted molar refractivity (Wildman–Crippen MR) is 86.2 cm³/mol. The molecule has 1 N–H and O–H groups in total. The molecule has 0 atom stereocenters. The van der Waals surface area contributed by atoms with Crippen molar-refractivity contribution in [3.8, 4) is 0 Å². The summed E-state index contributed by atoms with van der Waals surface area (Å²) in [7, 11) is 7.65. The molecule has 0 radical (unpaired) electrons. The minimum atomic E-state index is -0.256. The number of rotatable bonds is 7. The quantitative estimate of drug-likeness (QED) is 0.571. The molecule has 0 bridgehead atoms. The van der Waals surface area contributed by atoms with Gasteiger partial charge in [-0.1, -0.05) is 48.4 Å². The first-order chi connectivity index (χ1) is 8.78. The fourth-order valence-electron chi connectivity index (χ4n) is 2.66. The smallest absolute Gasteiger partial charge is 0.0889 e. The summed E-state index contributed by atoms with van der Waals surface area (Å²) in [5, 5.41) is 12.9. The van der Waals surface area contributed by atoms with Crippen molar-refractivity contribution in [2.45, 2.75) is 12.8 Å². The van der Waals surface area contributed by atoms with E-state index >= 15 is 0 Å². The number of aliphatic hydroxyl groups is 1. The van der Waals surface area contributed by atoms with Crippen molar-refractivity contribution in [2.75, 3.05) is 36.2 Å². The summed E-state index contributed by atoms with van der Waals surface area (Å²) in [6, 6.07) is 0. The van der Waals surface area contributed by atoms with Crippen LogP contribution in [0.2, 0.25) is 0 Å². The van der Waals surface area contributed by atoms with E-state index in [1.807, 2.05) is 43.2 Å². The summed E-state index contributed by atoms with van der Waals surface area (Å²) in [5.41, 5.74) is -0.256. The average molecular weight is 326 g/mol. The van der Waals surface area contributed by atoms with Crippen LogP contribution in [0.15, 0.2) is 5.18 Å². The Balaban J connectivity index is 1.96. The maximum atomic E-state index is 10.7. The molecule has 18 heavy (non-hydrogen) atoms. The highest BCUT2D eigenvalue weighted by Gasteiger charge is 2.37. The number of nitroso groups, excluding NO2 is 1. The van der Waals surface area contributed by atoms with Crippen LogP contribution in [0.25, 0.3) is 0 Å².